The predicted molar refractivity (Wildman–Crippen MR) is 70.3 cm³/mol. The van der Waals surface area contributed by atoms with Crippen LogP contribution in [0.25, 0.3) is 11.3 Å². The SMILES string of the molecule is CCOC(C)c1ccc(-c2cc(=O)[nH]cn2)cc1. The maximum Gasteiger partial charge on any atom is 0.251 e. The molecule has 1 heterocycles. The van der Waals surface area contributed by atoms with Gasteiger partial charge in [-0.2, -0.15) is 0 Å². The zero-order chi connectivity index (χ0) is 13.0. The Bertz CT molecular complexity index is 561. The fraction of sp³-hybridized carbons (Fsp3) is 0.286. The number of ether oxygens (including phenoxy) is 1. The number of H-pyrrole nitrogens is 1. The van der Waals surface area contributed by atoms with Gasteiger partial charge in [-0.3, -0.25) is 4.79 Å². The van der Waals surface area contributed by atoms with Crippen molar-refractivity contribution in [2.45, 2.75) is 20.0 Å². The van der Waals surface area contributed by atoms with Crippen molar-refractivity contribution >= 4 is 0 Å². The molecule has 18 heavy (non-hydrogen) atoms. The molecule has 2 aromatic rings. The highest BCUT2D eigenvalue weighted by molar-refractivity contribution is 5.58. The molecule has 0 aliphatic carbocycles. The average Bonchev–Trinajstić information content (AvgIpc) is 2.39. The standard InChI is InChI=1S/C14H16N2O2/c1-3-18-10(2)11-4-6-12(7-5-11)13-8-14(17)16-9-15-13/h4-10H,3H2,1-2H3,(H,15,16,17). The van der Waals surface area contributed by atoms with Crippen molar-refractivity contribution in [3.05, 3.63) is 52.6 Å². The van der Waals surface area contributed by atoms with Crippen LogP contribution >= 0.6 is 0 Å². The van der Waals surface area contributed by atoms with Gasteiger partial charge in [-0.05, 0) is 19.4 Å². The van der Waals surface area contributed by atoms with E-state index >= 15 is 0 Å². The summed E-state index contributed by atoms with van der Waals surface area (Å²) in [6, 6.07) is 9.39. The zero-order valence-electron chi connectivity index (χ0n) is 10.5. The maximum atomic E-state index is 11.2. The molecular weight excluding hydrogens is 228 g/mol. The van der Waals surface area contributed by atoms with Crippen LogP contribution in [-0.2, 0) is 4.74 Å². The molecule has 0 spiro atoms. The quantitative estimate of drug-likeness (QED) is 0.899. The van der Waals surface area contributed by atoms with Crippen molar-refractivity contribution < 1.29 is 4.74 Å². The van der Waals surface area contributed by atoms with E-state index in [1.807, 2.05) is 38.1 Å². The van der Waals surface area contributed by atoms with Crippen LogP contribution < -0.4 is 5.56 Å². The summed E-state index contributed by atoms with van der Waals surface area (Å²) in [5.41, 5.74) is 2.57. The molecule has 1 atom stereocenters. The van der Waals surface area contributed by atoms with Gasteiger partial charge in [-0.1, -0.05) is 24.3 Å². The fourth-order valence-corrected chi connectivity index (χ4v) is 1.80. The van der Waals surface area contributed by atoms with E-state index in [0.717, 1.165) is 11.1 Å². The molecular formula is C14H16N2O2. The number of hydrogen-bond donors (Lipinski definition) is 1. The molecule has 1 N–H and O–H groups in total. The van der Waals surface area contributed by atoms with Gasteiger partial charge in [0, 0.05) is 18.2 Å². The van der Waals surface area contributed by atoms with Gasteiger partial charge in [0.05, 0.1) is 18.1 Å². The van der Waals surface area contributed by atoms with E-state index in [-0.39, 0.29) is 11.7 Å². The Hall–Kier alpha value is -1.94. The average molecular weight is 244 g/mol. The van der Waals surface area contributed by atoms with Gasteiger partial charge in [-0.25, -0.2) is 4.98 Å². The summed E-state index contributed by atoms with van der Waals surface area (Å²) < 4.78 is 5.52. The minimum absolute atomic E-state index is 0.0798. The van der Waals surface area contributed by atoms with Crippen molar-refractivity contribution in [2.24, 2.45) is 0 Å². The summed E-state index contributed by atoms with van der Waals surface area (Å²) in [6.45, 7) is 4.69. The number of nitrogens with one attached hydrogen (secondary N) is 1. The van der Waals surface area contributed by atoms with Crippen LogP contribution in [-0.4, -0.2) is 16.6 Å². The van der Waals surface area contributed by atoms with Crippen LogP contribution in [0, 0.1) is 0 Å². The molecule has 1 aromatic carbocycles. The third kappa shape index (κ3) is 2.84. The summed E-state index contributed by atoms with van der Waals surface area (Å²) in [5.74, 6) is 0. The van der Waals surface area contributed by atoms with Gasteiger partial charge in [0.15, 0.2) is 0 Å². The predicted octanol–water partition coefficient (Wildman–Crippen LogP) is 2.53. The Balaban J connectivity index is 2.25. The first-order chi connectivity index (χ1) is 8.70. The highest BCUT2D eigenvalue weighted by Crippen LogP contribution is 2.21. The number of nitrogens with zero attached hydrogens (tertiary/aromatic N) is 1. The Morgan fingerprint density at radius 1 is 1.33 bits per heavy atom. The molecule has 0 aliphatic heterocycles. The van der Waals surface area contributed by atoms with E-state index in [2.05, 4.69) is 9.97 Å². The van der Waals surface area contributed by atoms with Gasteiger partial charge in [0.25, 0.3) is 5.56 Å². The first-order valence-corrected chi connectivity index (χ1v) is 5.97. The highest BCUT2D eigenvalue weighted by atomic mass is 16.5. The lowest BCUT2D eigenvalue weighted by atomic mass is 10.1. The molecule has 4 nitrogen and oxygen atoms in total. The number of aromatic nitrogens is 2. The largest absolute Gasteiger partial charge is 0.374 e. The van der Waals surface area contributed by atoms with E-state index in [0.29, 0.717) is 12.3 Å². The second-order valence-corrected chi connectivity index (χ2v) is 4.02. The zero-order valence-corrected chi connectivity index (χ0v) is 10.5. The maximum absolute atomic E-state index is 11.2. The normalized spacial score (nSPS) is 12.3. The van der Waals surface area contributed by atoms with Crippen molar-refractivity contribution in [3.8, 4) is 11.3 Å². The molecule has 0 fully saturated rings. The molecule has 0 amide bonds. The molecule has 0 saturated heterocycles. The van der Waals surface area contributed by atoms with E-state index < -0.39 is 0 Å². The monoisotopic (exact) mass is 244 g/mol. The number of rotatable bonds is 4. The smallest absolute Gasteiger partial charge is 0.251 e. The van der Waals surface area contributed by atoms with E-state index in [1.54, 1.807) is 0 Å². The van der Waals surface area contributed by atoms with Crippen LogP contribution in [0.3, 0.4) is 0 Å². The third-order valence-corrected chi connectivity index (χ3v) is 2.77. The molecule has 4 heteroatoms. The summed E-state index contributed by atoms with van der Waals surface area (Å²) in [5, 5.41) is 0. The lowest BCUT2D eigenvalue weighted by Crippen LogP contribution is -2.04. The summed E-state index contributed by atoms with van der Waals surface area (Å²) >= 11 is 0. The Kier molecular flexibility index (Phi) is 3.89. The van der Waals surface area contributed by atoms with Gasteiger partial charge in [-0.15, -0.1) is 0 Å². The van der Waals surface area contributed by atoms with Gasteiger partial charge < -0.3 is 9.72 Å². The Labute approximate surface area is 106 Å². The molecule has 2 rings (SSSR count). The number of hydrogen-bond acceptors (Lipinski definition) is 3. The van der Waals surface area contributed by atoms with Gasteiger partial charge in [0.2, 0.25) is 0 Å². The topological polar surface area (TPSA) is 55.0 Å². The molecule has 0 saturated carbocycles. The van der Waals surface area contributed by atoms with Gasteiger partial charge >= 0.3 is 0 Å². The first-order valence-electron chi connectivity index (χ1n) is 5.97. The third-order valence-electron chi connectivity index (χ3n) is 2.77. The summed E-state index contributed by atoms with van der Waals surface area (Å²) in [4.78, 5) is 17.8. The van der Waals surface area contributed by atoms with Crippen molar-refractivity contribution in [3.63, 3.8) is 0 Å². The van der Waals surface area contributed by atoms with Crippen LogP contribution in [0.2, 0.25) is 0 Å². The molecule has 0 aliphatic rings. The van der Waals surface area contributed by atoms with Crippen LogP contribution in [0.15, 0.2) is 41.5 Å². The lowest BCUT2D eigenvalue weighted by Gasteiger charge is -2.12. The minimum Gasteiger partial charge on any atom is -0.374 e. The van der Waals surface area contributed by atoms with Crippen molar-refractivity contribution in [1.29, 1.82) is 0 Å². The fourth-order valence-electron chi connectivity index (χ4n) is 1.80. The minimum atomic E-state index is -0.147. The van der Waals surface area contributed by atoms with Crippen molar-refractivity contribution in [1.82, 2.24) is 9.97 Å². The Morgan fingerprint density at radius 2 is 2.06 bits per heavy atom. The van der Waals surface area contributed by atoms with E-state index in [9.17, 15) is 4.79 Å². The second-order valence-electron chi connectivity index (χ2n) is 4.02. The van der Waals surface area contributed by atoms with Crippen LogP contribution in [0.1, 0.15) is 25.5 Å². The second kappa shape index (κ2) is 5.60. The van der Waals surface area contributed by atoms with E-state index in [1.165, 1.54) is 12.4 Å². The first kappa shape index (κ1) is 12.5. The molecule has 0 radical (unpaired) electrons. The molecule has 94 valence electrons. The number of benzene rings is 1. The van der Waals surface area contributed by atoms with Crippen molar-refractivity contribution in [2.75, 3.05) is 6.61 Å². The molecule has 1 aromatic heterocycles. The van der Waals surface area contributed by atoms with E-state index in [4.69, 9.17) is 4.74 Å². The highest BCUT2D eigenvalue weighted by Gasteiger charge is 2.05. The molecule has 0 bridgehead atoms. The summed E-state index contributed by atoms with van der Waals surface area (Å²) in [6.07, 6.45) is 1.49. The van der Waals surface area contributed by atoms with Crippen LogP contribution in [0.5, 0.6) is 0 Å². The molecule has 1 unspecified atom stereocenters. The Morgan fingerprint density at radius 3 is 2.67 bits per heavy atom. The van der Waals surface area contributed by atoms with Crippen LogP contribution in [0.4, 0.5) is 0 Å². The lowest BCUT2D eigenvalue weighted by molar-refractivity contribution is 0.0764. The summed E-state index contributed by atoms with van der Waals surface area (Å²) in [7, 11) is 0. The number of aromatic amines is 1. The van der Waals surface area contributed by atoms with Gasteiger partial charge in [0.1, 0.15) is 0 Å².